The normalized spacial score (nSPS) is 18.5. The number of hydrazine groups is 1. The van der Waals surface area contributed by atoms with Gasteiger partial charge in [0.15, 0.2) is 0 Å². The number of sulfonamides is 1. The van der Waals surface area contributed by atoms with Gasteiger partial charge in [-0.2, -0.15) is 0 Å². The SMILES string of the molecule is Cc1cc(S(=O)(=O)NN2CCCCC2)sc1Br. The summed E-state index contributed by atoms with van der Waals surface area (Å²) in [6, 6.07) is 1.70. The summed E-state index contributed by atoms with van der Waals surface area (Å²) >= 11 is 4.60. The van der Waals surface area contributed by atoms with Crippen LogP contribution in [0.15, 0.2) is 14.1 Å². The Hall–Kier alpha value is 0.0500. The first kappa shape index (κ1) is 13.5. The summed E-state index contributed by atoms with van der Waals surface area (Å²) in [4.78, 5) is 2.65. The highest BCUT2D eigenvalue weighted by atomic mass is 79.9. The van der Waals surface area contributed by atoms with Crippen LogP contribution in [0.1, 0.15) is 24.8 Å². The van der Waals surface area contributed by atoms with Crippen LogP contribution in [0.4, 0.5) is 0 Å². The molecule has 1 N–H and O–H groups in total. The summed E-state index contributed by atoms with van der Waals surface area (Å²) in [5, 5.41) is 1.79. The number of rotatable bonds is 3. The van der Waals surface area contributed by atoms with E-state index >= 15 is 0 Å². The third-order valence-electron chi connectivity index (χ3n) is 2.70. The van der Waals surface area contributed by atoms with Crippen molar-refractivity contribution >= 4 is 37.3 Å². The van der Waals surface area contributed by atoms with Gasteiger partial charge in [0.2, 0.25) is 0 Å². The quantitative estimate of drug-likeness (QED) is 0.921. The van der Waals surface area contributed by atoms with Crippen molar-refractivity contribution in [3.05, 3.63) is 15.4 Å². The predicted octanol–water partition coefficient (Wildman–Crippen LogP) is 2.50. The van der Waals surface area contributed by atoms with E-state index in [1.165, 1.54) is 17.8 Å². The largest absolute Gasteiger partial charge is 0.262 e. The zero-order valence-electron chi connectivity index (χ0n) is 9.57. The standard InChI is InChI=1S/C10H15BrN2O2S2/c1-8-7-9(16-10(8)11)17(14,15)12-13-5-3-2-4-6-13/h7,12H,2-6H2,1H3. The molecule has 1 aliphatic heterocycles. The van der Waals surface area contributed by atoms with Gasteiger partial charge in [-0.3, -0.25) is 0 Å². The summed E-state index contributed by atoms with van der Waals surface area (Å²) in [5.74, 6) is 0. The van der Waals surface area contributed by atoms with E-state index in [0.717, 1.165) is 35.3 Å². The second-order valence-corrected chi connectivity index (χ2v) is 8.42. The number of aryl methyl sites for hydroxylation is 1. The van der Waals surface area contributed by atoms with E-state index < -0.39 is 10.0 Å². The molecule has 0 atom stereocenters. The molecule has 0 radical (unpaired) electrons. The van der Waals surface area contributed by atoms with Crippen LogP contribution in [0.5, 0.6) is 0 Å². The lowest BCUT2D eigenvalue weighted by molar-refractivity contribution is 0.200. The number of hydrogen-bond acceptors (Lipinski definition) is 4. The van der Waals surface area contributed by atoms with Gasteiger partial charge in [0.1, 0.15) is 4.21 Å². The van der Waals surface area contributed by atoms with Crippen LogP contribution in [0.25, 0.3) is 0 Å². The van der Waals surface area contributed by atoms with Crippen molar-refractivity contribution in [1.29, 1.82) is 0 Å². The molecule has 0 aromatic carbocycles. The van der Waals surface area contributed by atoms with Crippen molar-refractivity contribution in [2.45, 2.75) is 30.4 Å². The Balaban J connectivity index is 2.12. The number of nitrogens with zero attached hydrogens (tertiary/aromatic N) is 1. The minimum Gasteiger partial charge on any atom is -0.230 e. The third-order valence-corrected chi connectivity index (χ3v) is 6.69. The molecule has 0 bridgehead atoms. The number of piperidine rings is 1. The van der Waals surface area contributed by atoms with Gasteiger partial charge in [0.05, 0.1) is 3.79 Å². The maximum atomic E-state index is 12.1. The fraction of sp³-hybridized carbons (Fsp3) is 0.600. The van der Waals surface area contributed by atoms with E-state index in [9.17, 15) is 8.42 Å². The van der Waals surface area contributed by atoms with Crippen molar-refractivity contribution < 1.29 is 8.42 Å². The van der Waals surface area contributed by atoms with Gasteiger partial charge in [-0.05, 0) is 47.3 Å². The Morgan fingerprint density at radius 3 is 2.53 bits per heavy atom. The summed E-state index contributed by atoms with van der Waals surface area (Å²) in [6.45, 7) is 3.48. The molecule has 17 heavy (non-hydrogen) atoms. The summed E-state index contributed by atoms with van der Waals surface area (Å²) in [6.07, 6.45) is 3.28. The molecule has 1 fully saturated rings. The average Bonchev–Trinajstić information content (AvgIpc) is 2.61. The van der Waals surface area contributed by atoms with Crippen molar-refractivity contribution in [2.75, 3.05) is 13.1 Å². The molecule has 0 unspecified atom stereocenters. The van der Waals surface area contributed by atoms with Crippen LogP contribution in [-0.4, -0.2) is 26.5 Å². The van der Waals surface area contributed by atoms with Crippen LogP contribution in [0.2, 0.25) is 0 Å². The topological polar surface area (TPSA) is 49.4 Å². The summed E-state index contributed by atoms with van der Waals surface area (Å²) < 4.78 is 25.4. The molecule has 2 heterocycles. The minimum absolute atomic E-state index is 0.368. The highest BCUT2D eigenvalue weighted by Gasteiger charge is 2.22. The highest BCUT2D eigenvalue weighted by molar-refractivity contribution is 9.11. The second kappa shape index (κ2) is 5.36. The molecule has 1 saturated heterocycles. The van der Waals surface area contributed by atoms with E-state index in [0.29, 0.717) is 4.21 Å². The maximum Gasteiger partial charge on any atom is 0.262 e. The Morgan fingerprint density at radius 1 is 1.35 bits per heavy atom. The Morgan fingerprint density at radius 2 is 2.00 bits per heavy atom. The monoisotopic (exact) mass is 338 g/mol. The predicted molar refractivity (Wildman–Crippen MR) is 72.5 cm³/mol. The molecule has 0 spiro atoms. The van der Waals surface area contributed by atoms with Crippen LogP contribution >= 0.6 is 27.3 Å². The van der Waals surface area contributed by atoms with Crippen molar-refractivity contribution in [1.82, 2.24) is 9.84 Å². The minimum atomic E-state index is -3.40. The Bertz CT molecular complexity index is 473. The Kier molecular flexibility index (Phi) is 4.25. The van der Waals surface area contributed by atoms with Gasteiger partial charge in [0, 0.05) is 13.1 Å². The molecule has 2 rings (SSSR count). The first-order valence-electron chi connectivity index (χ1n) is 5.52. The average molecular weight is 339 g/mol. The van der Waals surface area contributed by atoms with Gasteiger partial charge >= 0.3 is 0 Å². The van der Waals surface area contributed by atoms with Crippen molar-refractivity contribution in [3.8, 4) is 0 Å². The number of thiophene rings is 1. The van der Waals surface area contributed by atoms with Crippen LogP contribution < -0.4 is 4.83 Å². The van der Waals surface area contributed by atoms with Crippen molar-refractivity contribution in [2.24, 2.45) is 0 Å². The zero-order chi connectivity index (χ0) is 12.5. The molecule has 96 valence electrons. The number of nitrogens with one attached hydrogen (secondary N) is 1. The lowest BCUT2D eigenvalue weighted by atomic mass is 10.2. The zero-order valence-corrected chi connectivity index (χ0v) is 12.8. The summed E-state index contributed by atoms with van der Waals surface area (Å²) in [7, 11) is -3.40. The first-order chi connectivity index (χ1) is 7.99. The molecular weight excluding hydrogens is 324 g/mol. The van der Waals surface area contributed by atoms with Gasteiger partial charge in [0.25, 0.3) is 10.0 Å². The highest BCUT2D eigenvalue weighted by Crippen LogP contribution is 2.30. The molecule has 1 aromatic rings. The van der Waals surface area contributed by atoms with Gasteiger partial charge < -0.3 is 0 Å². The third kappa shape index (κ3) is 3.29. The maximum absolute atomic E-state index is 12.1. The van der Waals surface area contributed by atoms with Crippen LogP contribution in [0, 0.1) is 6.92 Å². The second-order valence-electron chi connectivity index (χ2n) is 4.16. The molecule has 1 aromatic heterocycles. The molecular formula is C10H15BrN2O2S2. The molecule has 4 nitrogen and oxygen atoms in total. The van der Waals surface area contributed by atoms with Crippen LogP contribution in [0.3, 0.4) is 0 Å². The van der Waals surface area contributed by atoms with Crippen LogP contribution in [-0.2, 0) is 10.0 Å². The smallest absolute Gasteiger partial charge is 0.230 e. The number of hydrogen-bond donors (Lipinski definition) is 1. The van der Waals surface area contributed by atoms with E-state index in [4.69, 9.17) is 0 Å². The lowest BCUT2D eigenvalue weighted by Gasteiger charge is -2.26. The van der Waals surface area contributed by atoms with Gasteiger partial charge in [-0.15, -0.1) is 16.2 Å². The molecule has 0 aliphatic carbocycles. The summed E-state index contributed by atoms with van der Waals surface area (Å²) in [5.41, 5.74) is 0.953. The fourth-order valence-electron chi connectivity index (χ4n) is 1.76. The fourth-order valence-corrected chi connectivity index (χ4v) is 5.10. The molecule has 0 amide bonds. The first-order valence-corrected chi connectivity index (χ1v) is 8.61. The van der Waals surface area contributed by atoms with E-state index in [1.54, 1.807) is 11.1 Å². The molecule has 7 heteroatoms. The van der Waals surface area contributed by atoms with Gasteiger partial charge in [-0.1, -0.05) is 6.42 Å². The van der Waals surface area contributed by atoms with E-state index in [-0.39, 0.29) is 0 Å². The Labute approximate surface area is 114 Å². The number of halogens is 1. The molecule has 0 saturated carbocycles. The van der Waals surface area contributed by atoms with E-state index in [1.807, 2.05) is 6.92 Å². The van der Waals surface area contributed by atoms with E-state index in [2.05, 4.69) is 20.8 Å². The lowest BCUT2D eigenvalue weighted by Crippen LogP contribution is -2.44. The van der Waals surface area contributed by atoms with Gasteiger partial charge in [-0.25, -0.2) is 13.4 Å². The van der Waals surface area contributed by atoms with Crippen molar-refractivity contribution in [3.63, 3.8) is 0 Å². The molecule has 1 aliphatic rings.